The van der Waals surface area contributed by atoms with Crippen molar-refractivity contribution in [1.29, 1.82) is 0 Å². The number of hydrogen-bond donors (Lipinski definition) is 1. The van der Waals surface area contributed by atoms with Crippen molar-refractivity contribution < 1.29 is 23.8 Å². The van der Waals surface area contributed by atoms with Crippen LogP contribution in [-0.2, 0) is 14.3 Å². The molecule has 2 aromatic rings. The Morgan fingerprint density at radius 3 is 2.38 bits per heavy atom. The lowest BCUT2D eigenvalue weighted by molar-refractivity contribution is -0.154. The van der Waals surface area contributed by atoms with Crippen LogP contribution in [0.2, 0.25) is 5.02 Å². The molecular weight excluding hydrogens is 431 g/mol. The molecule has 1 heterocycles. The van der Waals surface area contributed by atoms with Crippen LogP contribution in [0.15, 0.2) is 42.0 Å². The third-order valence-corrected chi connectivity index (χ3v) is 6.46. The van der Waals surface area contributed by atoms with Crippen LogP contribution in [0.4, 0.5) is 4.39 Å². The highest BCUT2D eigenvalue weighted by Gasteiger charge is 2.47. The zero-order valence-corrected chi connectivity index (χ0v) is 19.3. The van der Waals surface area contributed by atoms with E-state index in [-0.39, 0.29) is 12.2 Å². The fourth-order valence-corrected chi connectivity index (χ4v) is 4.80. The number of rotatable bonds is 5. The van der Waals surface area contributed by atoms with Gasteiger partial charge in [-0.05, 0) is 93.0 Å². The van der Waals surface area contributed by atoms with Crippen LogP contribution < -0.4 is 0 Å². The van der Waals surface area contributed by atoms with Crippen molar-refractivity contribution >= 4 is 28.9 Å². The predicted molar refractivity (Wildman–Crippen MR) is 122 cm³/mol. The van der Waals surface area contributed by atoms with Gasteiger partial charge in [-0.25, -0.2) is 4.39 Å². The molecule has 0 aromatic heterocycles. The number of carbonyl (C=O) groups excluding carboxylic acids is 1. The number of benzene rings is 2. The normalized spacial score (nSPS) is 19.9. The Balaban J connectivity index is 2.00. The molecule has 1 aliphatic heterocycles. The molecule has 0 bridgehead atoms. The largest absolute Gasteiger partial charge is 0.481 e. The Bertz CT molecular complexity index is 1160. The number of ketones is 1. The van der Waals surface area contributed by atoms with E-state index >= 15 is 0 Å². The average molecular weight is 457 g/mol. The fraction of sp³-hybridized carbons (Fsp3) is 0.385. The topological polar surface area (TPSA) is 63.6 Å². The Morgan fingerprint density at radius 1 is 1.09 bits per heavy atom. The van der Waals surface area contributed by atoms with Gasteiger partial charge in [0.25, 0.3) is 0 Å². The second-order valence-corrected chi connectivity index (χ2v) is 10.0. The average Bonchev–Trinajstić information content (AvgIpc) is 3.50. The van der Waals surface area contributed by atoms with E-state index in [1.165, 1.54) is 6.07 Å². The van der Waals surface area contributed by atoms with Crippen molar-refractivity contribution in [2.75, 3.05) is 0 Å². The van der Waals surface area contributed by atoms with Crippen LogP contribution in [0, 0.1) is 5.82 Å². The minimum Gasteiger partial charge on any atom is -0.481 e. The lowest BCUT2D eigenvalue weighted by atomic mass is 9.76. The van der Waals surface area contributed by atoms with Crippen LogP contribution >= 0.6 is 11.6 Å². The Hall–Kier alpha value is -2.50. The molecule has 1 saturated carbocycles. The Labute approximate surface area is 192 Å². The molecule has 2 aliphatic rings. The zero-order valence-electron chi connectivity index (χ0n) is 18.6. The van der Waals surface area contributed by atoms with Gasteiger partial charge in [-0.1, -0.05) is 23.7 Å². The third kappa shape index (κ3) is 4.12. The molecule has 2 aromatic carbocycles. The third-order valence-electron chi connectivity index (χ3n) is 6.22. The summed E-state index contributed by atoms with van der Waals surface area (Å²) in [4.78, 5) is 25.3. The van der Waals surface area contributed by atoms with E-state index in [9.17, 15) is 19.1 Å². The summed E-state index contributed by atoms with van der Waals surface area (Å²) >= 11 is 5.92. The van der Waals surface area contributed by atoms with Crippen molar-refractivity contribution in [2.45, 2.75) is 64.1 Å². The van der Waals surface area contributed by atoms with E-state index in [1.54, 1.807) is 39.8 Å². The van der Waals surface area contributed by atoms with E-state index in [4.69, 9.17) is 16.3 Å². The summed E-state index contributed by atoms with van der Waals surface area (Å²) in [5, 5.41) is 9.90. The zero-order chi connectivity index (χ0) is 23.4. The Kier molecular flexibility index (Phi) is 5.54. The van der Waals surface area contributed by atoms with Gasteiger partial charge in [0.2, 0.25) is 0 Å². The van der Waals surface area contributed by atoms with Crippen molar-refractivity contribution in [2.24, 2.45) is 0 Å². The number of carboxylic acid groups (broad SMARTS) is 1. The molecular formula is C26H26ClFO4. The minimum absolute atomic E-state index is 0.260. The Morgan fingerprint density at radius 2 is 1.78 bits per heavy atom. The van der Waals surface area contributed by atoms with Gasteiger partial charge < -0.3 is 9.84 Å². The van der Waals surface area contributed by atoms with Gasteiger partial charge in [-0.3, -0.25) is 9.59 Å². The number of aliphatic carboxylic acids is 1. The highest BCUT2D eigenvalue weighted by atomic mass is 35.5. The molecule has 0 amide bonds. The van der Waals surface area contributed by atoms with Crippen LogP contribution in [0.3, 0.4) is 0 Å². The molecule has 168 valence electrons. The first-order valence-electron chi connectivity index (χ1n) is 10.7. The summed E-state index contributed by atoms with van der Waals surface area (Å²) in [6.07, 6.45) is 1.69. The van der Waals surface area contributed by atoms with Gasteiger partial charge in [0.15, 0.2) is 5.78 Å². The van der Waals surface area contributed by atoms with Crippen molar-refractivity contribution in [3.63, 3.8) is 0 Å². The van der Waals surface area contributed by atoms with E-state index in [1.807, 2.05) is 18.2 Å². The van der Waals surface area contributed by atoms with Gasteiger partial charge in [-0.2, -0.15) is 0 Å². The molecule has 32 heavy (non-hydrogen) atoms. The molecule has 0 saturated heterocycles. The molecule has 4 rings (SSSR count). The fourth-order valence-electron chi connectivity index (χ4n) is 4.64. The number of halogens is 2. The lowest BCUT2D eigenvalue weighted by Crippen LogP contribution is -2.49. The van der Waals surface area contributed by atoms with Crippen LogP contribution in [0.1, 0.15) is 64.0 Å². The molecule has 1 aliphatic carbocycles. The van der Waals surface area contributed by atoms with E-state index in [2.05, 4.69) is 0 Å². The number of carbonyl (C=O) groups is 2. The van der Waals surface area contributed by atoms with E-state index in [0.717, 1.165) is 18.4 Å². The van der Waals surface area contributed by atoms with Gasteiger partial charge >= 0.3 is 5.97 Å². The molecule has 1 N–H and O–H groups in total. The van der Waals surface area contributed by atoms with Crippen LogP contribution in [-0.4, -0.2) is 28.1 Å². The second kappa shape index (κ2) is 7.82. The summed E-state index contributed by atoms with van der Waals surface area (Å²) in [6, 6.07) is 10.1. The van der Waals surface area contributed by atoms with Gasteiger partial charge in [0.05, 0.1) is 12.0 Å². The first-order valence-corrected chi connectivity index (χ1v) is 11.1. The van der Waals surface area contributed by atoms with Gasteiger partial charge in [0.1, 0.15) is 11.4 Å². The summed E-state index contributed by atoms with van der Waals surface area (Å²) in [6.45, 7) is 6.99. The smallest absolute Gasteiger partial charge is 0.307 e. The molecule has 6 heteroatoms. The van der Waals surface area contributed by atoms with Crippen molar-refractivity contribution in [3.8, 4) is 11.1 Å². The minimum atomic E-state index is -1.12. The molecule has 0 unspecified atom stereocenters. The second-order valence-electron chi connectivity index (χ2n) is 9.58. The number of Topliss-reactive ketones (excluding diaryl/α,β-unsaturated/α-hetero) is 1. The summed E-state index contributed by atoms with van der Waals surface area (Å²) in [5.74, 6) is -1.45. The maximum Gasteiger partial charge on any atom is 0.307 e. The summed E-state index contributed by atoms with van der Waals surface area (Å²) in [7, 11) is 0. The summed E-state index contributed by atoms with van der Waals surface area (Å²) in [5.41, 5.74) is 1.38. The molecule has 4 nitrogen and oxygen atoms in total. The standard InChI is InChI=1S/C26H26ClFO4/c1-25(2)20(13-22(29)30)23(24(31)26(3,4)32-25)19-11-15(7-9-17(19)14-5-6-14)18-10-8-16(27)12-21(18)28/h7-12,14H,5-6,13H2,1-4H3,(H,29,30). The molecule has 0 atom stereocenters. The maximum atomic E-state index is 14.7. The van der Waals surface area contributed by atoms with Crippen LogP contribution in [0.25, 0.3) is 16.7 Å². The van der Waals surface area contributed by atoms with E-state index in [0.29, 0.717) is 38.8 Å². The van der Waals surface area contributed by atoms with Gasteiger partial charge in [-0.15, -0.1) is 0 Å². The van der Waals surface area contributed by atoms with Crippen molar-refractivity contribution in [3.05, 3.63) is 63.9 Å². The van der Waals surface area contributed by atoms with Crippen molar-refractivity contribution in [1.82, 2.24) is 0 Å². The first-order chi connectivity index (χ1) is 14.9. The quantitative estimate of drug-likeness (QED) is 0.564. The summed E-state index contributed by atoms with van der Waals surface area (Å²) < 4.78 is 20.7. The monoisotopic (exact) mass is 456 g/mol. The van der Waals surface area contributed by atoms with E-state index < -0.39 is 23.0 Å². The molecule has 0 radical (unpaired) electrons. The molecule has 1 fully saturated rings. The van der Waals surface area contributed by atoms with Gasteiger partial charge in [0, 0.05) is 16.2 Å². The SMILES string of the molecule is CC1(C)OC(C)(C)C(CC(=O)O)=C(c2cc(-c3ccc(Cl)cc3F)ccc2C2CC2)C1=O. The highest BCUT2D eigenvalue weighted by Crippen LogP contribution is 2.49. The maximum absolute atomic E-state index is 14.7. The first kappa shape index (κ1) is 22.7. The highest BCUT2D eigenvalue weighted by molar-refractivity contribution is 6.30. The lowest BCUT2D eigenvalue weighted by Gasteiger charge is -2.43. The van der Waals surface area contributed by atoms with Crippen LogP contribution in [0.5, 0.6) is 0 Å². The predicted octanol–water partition coefficient (Wildman–Crippen LogP) is 6.41. The number of ether oxygens (including phenoxy) is 1. The number of carboxylic acids is 1. The molecule has 0 spiro atoms. The number of hydrogen-bond acceptors (Lipinski definition) is 3.